The highest BCUT2D eigenvalue weighted by Crippen LogP contribution is 2.16. The quantitative estimate of drug-likeness (QED) is 0.0386. The zero-order valence-electron chi connectivity index (χ0n) is 33.3. The molecule has 0 bridgehead atoms. The second-order valence-electron chi connectivity index (χ2n) is 14.4. The van der Waals surface area contributed by atoms with Gasteiger partial charge in [-0.1, -0.05) is 143 Å². The average Bonchev–Trinajstić information content (AvgIpc) is 3.10. The van der Waals surface area contributed by atoms with Gasteiger partial charge in [0.25, 0.3) is 0 Å². The summed E-state index contributed by atoms with van der Waals surface area (Å²) in [4.78, 5) is 14.7. The highest BCUT2D eigenvalue weighted by Gasteiger charge is 2.09. The second-order valence-corrected chi connectivity index (χ2v) is 14.4. The van der Waals surface area contributed by atoms with Crippen molar-refractivity contribution in [3.05, 3.63) is 0 Å². The predicted octanol–water partition coefficient (Wildman–Crippen LogP) is 11.5. The van der Waals surface area contributed by atoms with Crippen LogP contribution in [0.25, 0.3) is 0 Å². The Balaban J connectivity index is 3.95. The Morgan fingerprint density at radius 1 is 0.510 bits per heavy atom. The fraction of sp³-hybridized carbons (Fsp3) is 0.976. The molecule has 0 spiro atoms. The summed E-state index contributed by atoms with van der Waals surface area (Å²) >= 11 is 0. The Morgan fingerprint density at radius 2 is 0.939 bits per heavy atom. The third kappa shape index (κ3) is 38.3. The van der Waals surface area contributed by atoms with Crippen LogP contribution < -0.4 is 5.73 Å². The summed E-state index contributed by atoms with van der Waals surface area (Å²) in [6.45, 7) is 13.3. The summed E-state index contributed by atoms with van der Waals surface area (Å²) in [5, 5.41) is 0. The van der Waals surface area contributed by atoms with Crippen molar-refractivity contribution in [1.82, 2.24) is 4.90 Å². The van der Waals surface area contributed by atoms with Gasteiger partial charge in [-0.05, 0) is 77.4 Å². The number of ether oxygens (including phenoxy) is 4. The second kappa shape index (κ2) is 41.7. The molecule has 0 aromatic heterocycles. The van der Waals surface area contributed by atoms with Gasteiger partial charge in [-0.3, -0.25) is 4.79 Å². The molecule has 0 rings (SSSR count). The number of carbonyl (C=O) groups is 1. The molecule has 2 N–H and O–H groups in total. The molecule has 7 heteroatoms. The number of nitrogens with zero attached hydrogens (tertiary/aromatic N) is 1. The van der Waals surface area contributed by atoms with Crippen molar-refractivity contribution < 1.29 is 23.7 Å². The molecule has 0 saturated heterocycles. The van der Waals surface area contributed by atoms with E-state index in [1.54, 1.807) is 0 Å². The van der Waals surface area contributed by atoms with E-state index in [1.165, 1.54) is 161 Å². The van der Waals surface area contributed by atoms with E-state index < -0.39 is 0 Å². The SMILES string of the molecule is CCCCCCCCOC(=O)CCCCCCCN(CCCCCCCCOCOC(CCCCC)CCCCCC)CCCCOCN. The summed E-state index contributed by atoms with van der Waals surface area (Å²) in [7, 11) is 0. The summed E-state index contributed by atoms with van der Waals surface area (Å²) in [6.07, 6.45) is 35.4. The molecule has 7 nitrogen and oxygen atoms in total. The van der Waals surface area contributed by atoms with Gasteiger partial charge in [-0.15, -0.1) is 0 Å². The first-order valence-corrected chi connectivity index (χ1v) is 21.5. The van der Waals surface area contributed by atoms with E-state index in [1.807, 2.05) is 0 Å². The largest absolute Gasteiger partial charge is 0.466 e. The zero-order chi connectivity index (χ0) is 35.7. The number of hydrogen-bond acceptors (Lipinski definition) is 7. The Hall–Kier alpha value is -0.730. The number of nitrogens with two attached hydrogens (primary N) is 1. The van der Waals surface area contributed by atoms with E-state index in [-0.39, 0.29) is 5.97 Å². The van der Waals surface area contributed by atoms with Crippen LogP contribution in [0.4, 0.5) is 0 Å². The lowest BCUT2D eigenvalue weighted by Gasteiger charge is -2.22. The van der Waals surface area contributed by atoms with Gasteiger partial charge in [-0.25, -0.2) is 0 Å². The maximum Gasteiger partial charge on any atom is 0.305 e. The summed E-state index contributed by atoms with van der Waals surface area (Å²) < 4.78 is 22.8. The van der Waals surface area contributed by atoms with Gasteiger partial charge < -0.3 is 29.6 Å². The van der Waals surface area contributed by atoms with E-state index >= 15 is 0 Å². The molecule has 0 aromatic rings. The topological polar surface area (TPSA) is 83.2 Å². The summed E-state index contributed by atoms with van der Waals surface area (Å²) in [5.74, 6) is -0.00808. The Labute approximate surface area is 305 Å². The van der Waals surface area contributed by atoms with Gasteiger partial charge in [-0.2, -0.15) is 0 Å². The molecule has 0 amide bonds. The number of carbonyl (C=O) groups excluding carboxylic acids is 1. The molecule has 0 saturated carbocycles. The highest BCUT2D eigenvalue weighted by atomic mass is 16.7. The van der Waals surface area contributed by atoms with Crippen LogP contribution >= 0.6 is 0 Å². The Kier molecular flexibility index (Phi) is 41.1. The van der Waals surface area contributed by atoms with Crippen LogP contribution in [0.15, 0.2) is 0 Å². The molecule has 294 valence electrons. The van der Waals surface area contributed by atoms with Crippen molar-refractivity contribution in [2.45, 2.75) is 213 Å². The number of unbranched alkanes of at least 4 members (excludes halogenated alkanes) is 20. The monoisotopic (exact) mass is 699 g/mol. The van der Waals surface area contributed by atoms with Gasteiger partial charge in [0.2, 0.25) is 0 Å². The van der Waals surface area contributed by atoms with Crippen molar-refractivity contribution in [3.8, 4) is 0 Å². The molecular formula is C42H86N2O5. The van der Waals surface area contributed by atoms with Gasteiger partial charge in [0.05, 0.1) is 19.4 Å². The normalized spacial score (nSPS) is 12.3. The fourth-order valence-electron chi connectivity index (χ4n) is 6.42. The predicted molar refractivity (Wildman–Crippen MR) is 209 cm³/mol. The average molecular weight is 699 g/mol. The lowest BCUT2D eigenvalue weighted by Crippen LogP contribution is -2.27. The first-order chi connectivity index (χ1) is 24.2. The minimum absolute atomic E-state index is 0.00808. The minimum Gasteiger partial charge on any atom is -0.466 e. The third-order valence-corrected chi connectivity index (χ3v) is 9.66. The van der Waals surface area contributed by atoms with Crippen LogP contribution in [0.1, 0.15) is 207 Å². The van der Waals surface area contributed by atoms with E-state index in [0.717, 1.165) is 51.9 Å². The van der Waals surface area contributed by atoms with Gasteiger partial charge in [0.1, 0.15) is 6.79 Å². The lowest BCUT2D eigenvalue weighted by molar-refractivity contribution is -0.143. The highest BCUT2D eigenvalue weighted by molar-refractivity contribution is 5.69. The van der Waals surface area contributed by atoms with E-state index in [0.29, 0.717) is 32.7 Å². The maximum absolute atomic E-state index is 12.0. The molecule has 1 atom stereocenters. The van der Waals surface area contributed by atoms with Crippen molar-refractivity contribution in [2.75, 3.05) is 53.0 Å². The van der Waals surface area contributed by atoms with Crippen LogP contribution in [0.3, 0.4) is 0 Å². The van der Waals surface area contributed by atoms with Crippen molar-refractivity contribution in [1.29, 1.82) is 0 Å². The number of rotatable bonds is 42. The van der Waals surface area contributed by atoms with Crippen LogP contribution in [-0.4, -0.2) is 70.0 Å². The Bertz CT molecular complexity index is 638. The standard InChI is InChI=1S/C42H86N2O5/c1-4-7-10-12-20-28-38-48-42(45)32-23-16-15-18-25-34-44(35-26-29-36-46-39-43)33-24-17-13-14-19-27-37-47-40-49-41(30-21-9-6-3)31-22-11-8-5-2/h41H,4-40,43H2,1-3H3. The van der Waals surface area contributed by atoms with E-state index in [2.05, 4.69) is 25.7 Å². The van der Waals surface area contributed by atoms with Gasteiger partial charge in [0, 0.05) is 19.6 Å². The van der Waals surface area contributed by atoms with Gasteiger partial charge in [0.15, 0.2) is 0 Å². The number of hydrogen-bond donors (Lipinski definition) is 1. The van der Waals surface area contributed by atoms with Crippen LogP contribution in [0.2, 0.25) is 0 Å². The van der Waals surface area contributed by atoms with E-state index in [4.69, 9.17) is 24.7 Å². The van der Waals surface area contributed by atoms with Crippen molar-refractivity contribution in [3.63, 3.8) is 0 Å². The minimum atomic E-state index is -0.00808. The molecule has 1 unspecified atom stereocenters. The Morgan fingerprint density at radius 3 is 1.55 bits per heavy atom. The first kappa shape index (κ1) is 48.3. The van der Waals surface area contributed by atoms with Crippen LogP contribution in [-0.2, 0) is 23.7 Å². The first-order valence-electron chi connectivity index (χ1n) is 21.5. The lowest BCUT2D eigenvalue weighted by atomic mass is 10.0. The van der Waals surface area contributed by atoms with Crippen molar-refractivity contribution in [2.24, 2.45) is 5.73 Å². The molecule has 0 aromatic carbocycles. The molecule has 0 radical (unpaired) electrons. The molecule has 0 aliphatic rings. The van der Waals surface area contributed by atoms with Gasteiger partial charge >= 0.3 is 5.97 Å². The van der Waals surface area contributed by atoms with Crippen molar-refractivity contribution >= 4 is 5.97 Å². The molecular weight excluding hydrogens is 612 g/mol. The maximum atomic E-state index is 12.0. The number of esters is 1. The molecule has 0 aliphatic carbocycles. The third-order valence-electron chi connectivity index (χ3n) is 9.66. The molecule has 0 heterocycles. The van der Waals surface area contributed by atoms with E-state index in [9.17, 15) is 4.79 Å². The fourth-order valence-corrected chi connectivity index (χ4v) is 6.42. The zero-order valence-corrected chi connectivity index (χ0v) is 33.3. The molecule has 0 aliphatic heterocycles. The smallest absolute Gasteiger partial charge is 0.305 e. The van der Waals surface area contributed by atoms with Crippen LogP contribution in [0.5, 0.6) is 0 Å². The summed E-state index contributed by atoms with van der Waals surface area (Å²) in [6, 6.07) is 0. The molecule has 49 heavy (non-hydrogen) atoms. The molecule has 0 fully saturated rings. The van der Waals surface area contributed by atoms with Crippen LogP contribution in [0, 0.1) is 0 Å². The summed E-state index contributed by atoms with van der Waals surface area (Å²) in [5.41, 5.74) is 5.48.